The van der Waals surface area contributed by atoms with Crippen LogP contribution in [0.5, 0.6) is 0 Å². The Morgan fingerprint density at radius 3 is 2.50 bits per heavy atom. The first-order valence-corrected chi connectivity index (χ1v) is 3.87. The van der Waals surface area contributed by atoms with Crippen LogP contribution in [0.2, 0.25) is 0 Å². The van der Waals surface area contributed by atoms with Crippen molar-refractivity contribution in [2.45, 2.75) is 20.3 Å². The molecule has 0 spiro atoms. The van der Waals surface area contributed by atoms with Gasteiger partial charge in [0.05, 0.1) is 6.42 Å². The third kappa shape index (κ3) is 2.09. The lowest BCUT2D eigenvalue weighted by atomic mass is 10.0. The number of carboxylic acids is 1. The molecule has 1 rings (SSSR count). The Labute approximate surface area is 71.8 Å². The molecule has 0 amide bonds. The van der Waals surface area contributed by atoms with Gasteiger partial charge in [0.15, 0.2) is 0 Å². The van der Waals surface area contributed by atoms with Crippen molar-refractivity contribution < 1.29 is 9.90 Å². The standard InChI is InChI=1S/C10H12O2/c1-7-3-4-9(5-8(7)2)6-10(11)12/h3-5H,6H2,1-2H3,(H,11,12). The summed E-state index contributed by atoms with van der Waals surface area (Å²) in [6.45, 7) is 4.00. The highest BCUT2D eigenvalue weighted by atomic mass is 16.4. The van der Waals surface area contributed by atoms with Gasteiger partial charge in [-0.25, -0.2) is 0 Å². The molecule has 0 aliphatic rings. The number of benzene rings is 1. The lowest BCUT2D eigenvalue weighted by Gasteiger charge is -2.01. The second-order valence-electron chi connectivity index (χ2n) is 2.99. The summed E-state index contributed by atoms with van der Waals surface area (Å²) < 4.78 is 0. The molecule has 1 N–H and O–H groups in total. The average molecular weight is 164 g/mol. The largest absolute Gasteiger partial charge is 0.481 e. The van der Waals surface area contributed by atoms with Crippen molar-refractivity contribution in [3.63, 3.8) is 0 Å². The van der Waals surface area contributed by atoms with Crippen LogP contribution in [-0.2, 0) is 11.2 Å². The Morgan fingerprint density at radius 1 is 1.33 bits per heavy atom. The molecule has 2 nitrogen and oxygen atoms in total. The number of aryl methyl sites for hydroxylation is 2. The maximum Gasteiger partial charge on any atom is 0.307 e. The quantitative estimate of drug-likeness (QED) is 0.725. The summed E-state index contributed by atoms with van der Waals surface area (Å²) in [5, 5.41) is 8.53. The molecule has 0 saturated heterocycles. The maximum atomic E-state index is 10.4. The SMILES string of the molecule is Cc1ccc(CC(=O)O)cc1C. The van der Waals surface area contributed by atoms with E-state index in [1.165, 1.54) is 5.56 Å². The lowest BCUT2D eigenvalue weighted by molar-refractivity contribution is -0.136. The summed E-state index contributed by atoms with van der Waals surface area (Å²) in [4.78, 5) is 10.4. The molecule has 0 fully saturated rings. The molecule has 1 aromatic carbocycles. The van der Waals surface area contributed by atoms with Gasteiger partial charge in [0.25, 0.3) is 0 Å². The molecule has 1 aromatic rings. The van der Waals surface area contributed by atoms with E-state index in [1.54, 1.807) is 0 Å². The normalized spacial score (nSPS) is 9.83. The zero-order valence-electron chi connectivity index (χ0n) is 7.29. The first-order chi connectivity index (χ1) is 5.59. The van der Waals surface area contributed by atoms with E-state index in [9.17, 15) is 4.79 Å². The van der Waals surface area contributed by atoms with E-state index in [1.807, 2.05) is 32.0 Å². The van der Waals surface area contributed by atoms with Gasteiger partial charge in [-0.1, -0.05) is 18.2 Å². The summed E-state index contributed by atoms with van der Waals surface area (Å²) in [5.41, 5.74) is 3.21. The number of rotatable bonds is 2. The van der Waals surface area contributed by atoms with Gasteiger partial charge >= 0.3 is 5.97 Å². The highest BCUT2D eigenvalue weighted by Gasteiger charge is 2.00. The Balaban J connectivity index is 2.89. The highest BCUT2D eigenvalue weighted by Crippen LogP contribution is 2.09. The summed E-state index contributed by atoms with van der Waals surface area (Å²) in [7, 11) is 0. The van der Waals surface area contributed by atoms with Gasteiger partial charge in [-0.15, -0.1) is 0 Å². The fourth-order valence-electron chi connectivity index (χ4n) is 1.09. The molecule has 2 heteroatoms. The maximum absolute atomic E-state index is 10.4. The second kappa shape index (κ2) is 3.39. The molecule has 0 unspecified atom stereocenters. The van der Waals surface area contributed by atoms with Crippen LogP contribution in [0, 0.1) is 13.8 Å². The summed E-state index contributed by atoms with van der Waals surface area (Å²) in [5.74, 6) is -0.779. The molecule has 0 radical (unpaired) electrons. The summed E-state index contributed by atoms with van der Waals surface area (Å²) >= 11 is 0. The van der Waals surface area contributed by atoms with Crippen LogP contribution >= 0.6 is 0 Å². The van der Waals surface area contributed by atoms with E-state index in [0.717, 1.165) is 11.1 Å². The van der Waals surface area contributed by atoms with E-state index in [0.29, 0.717) is 0 Å². The van der Waals surface area contributed by atoms with Gasteiger partial charge in [0.1, 0.15) is 0 Å². The van der Waals surface area contributed by atoms with Gasteiger partial charge in [0.2, 0.25) is 0 Å². The van der Waals surface area contributed by atoms with Crippen LogP contribution in [0.4, 0.5) is 0 Å². The molecular formula is C10H12O2. The van der Waals surface area contributed by atoms with E-state index < -0.39 is 5.97 Å². The van der Waals surface area contributed by atoms with Gasteiger partial charge in [-0.3, -0.25) is 4.79 Å². The topological polar surface area (TPSA) is 37.3 Å². The first kappa shape index (κ1) is 8.78. The Bertz CT molecular complexity index is 303. The van der Waals surface area contributed by atoms with Crippen molar-refractivity contribution in [2.24, 2.45) is 0 Å². The molecule has 0 atom stereocenters. The molecule has 0 saturated carbocycles. The minimum absolute atomic E-state index is 0.112. The van der Waals surface area contributed by atoms with Crippen molar-refractivity contribution in [3.8, 4) is 0 Å². The van der Waals surface area contributed by atoms with Crippen LogP contribution in [0.15, 0.2) is 18.2 Å². The highest BCUT2D eigenvalue weighted by molar-refractivity contribution is 5.70. The fourth-order valence-corrected chi connectivity index (χ4v) is 1.09. The van der Waals surface area contributed by atoms with Crippen molar-refractivity contribution >= 4 is 5.97 Å². The number of carbonyl (C=O) groups is 1. The van der Waals surface area contributed by atoms with Crippen molar-refractivity contribution in [2.75, 3.05) is 0 Å². The van der Waals surface area contributed by atoms with E-state index >= 15 is 0 Å². The van der Waals surface area contributed by atoms with Crippen LogP contribution in [-0.4, -0.2) is 11.1 Å². The van der Waals surface area contributed by atoms with E-state index in [2.05, 4.69) is 0 Å². The minimum Gasteiger partial charge on any atom is -0.481 e. The molecule has 0 heterocycles. The second-order valence-corrected chi connectivity index (χ2v) is 2.99. The van der Waals surface area contributed by atoms with E-state index in [4.69, 9.17) is 5.11 Å². The van der Waals surface area contributed by atoms with Crippen molar-refractivity contribution in [1.82, 2.24) is 0 Å². The molecular weight excluding hydrogens is 152 g/mol. The first-order valence-electron chi connectivity index (χ1n) is 3.87. The predicted octanol–water partition coefficient (Wildman–Crippen LogP) is 1.93. The third-order valence-corrected chi connectivity index (χ3v) is 1.93. The van der Waals surface area contributed by atoms with Crippen LogP contribution < -0.4 is 0 Å². The zero-order valence-corrected chi connectivity index (χ0v) is 7.29. The summed E-state index contributed by atoms with van der Waals surface area (Å²) in [6.07, 6.45) is 0.112. The Hall–Kier alpha value is -1.31. The molecule has 0 aromatic heterocycles. The van der Waals surface area contributed by atoms with Crippen LogP contribution in [0.25, 0.3) is 0 Å². The monoisotopic (exact) mass is 164 g/mol. The van der Waals surface area contributed by atoms with Gasteiger partial charge in [-0.05, 0) is 30.5 Å². The Morgan fingerprint density at radius 2 is 2.00 bits per heavy atom. The molecule has 0 bridgehead atoms. The van der Waals surface area contributed by atoms with Gasteiger partial charge in [0, 0.05) is 0 Å². The fraction of sp³-hybridized carbons (Fsp3) is 0.300. The lowest BCUT2D eigenvalue weighted by Crippen LogP contribution is -2.00. The van der Waals surface area contributed by atoms with Crippen molar-refractivity contribution in [1.29, 1.82) is 0 Å². The number of carboxylic acid groups (broad SMARTS) is 1. The van der Waals surface area contributed by atoms with Gasteiger partial charge in [-0.2, -0.15) is 0 Å². The summed E-state index contributed by atoms with van der Waals surface area (Å²) in [6, 6.07) is 5.73. The zero-order chi connectivity index (χ0) is 9.14. The average Bonchev–Trinajstić information content (AvgIpc) is 1.96. The molecule has 0 aliphatic carbocycles. The molecule has 12 heavy (non-hydrogen) atoms. The van der Waals surface area contributed by atoms with Crippen LogP contribution in [0.3, 0.4) is 0 Å². The minimum atomic E-state index is -0.779. The van der Waals surface area contributed by atoms with Crippen molar-refractivity contribution in [3.05, 3.63) is 34.9 Å². The number of hydrogen-bond acceptors (Lipinski definition) is 1. The Kier molecular flexibility index (Phi) is 2.48. The molecule has 64 valence electrons. The predicted molar refractivity (Wildman–Crippen MR) is 47.3 cm³/mol. The number of aliphatic carboxylic acids is 1. The molecule has 0 aliphatic heterocycles. The van der Waals surface area contributed by atoms with Crippen LogP contribution in [0.1, 0.15) is 16.7 Å². The van der Waals surface area contributed by atoms with Gasteiger partial charge < -0.3 is 5.11 Å². The smallest absolute Gasteiger partial charge is 0.307 e. The number of hydrogen-bond donors (Lipinski definition) is 1. The third-order valence-electron chi connectivity index (χ3n) is 1.93. The van der Waals surface area contributed by atoms with E-state index in [-0.39, 0.29) is 6.42 Å².